The van der Waals surface area contributed by atoms with Crippen molar-refractivity contribution in [3.8, 4) is 0 Å². The maximum Gasteiger partial charge on any atom is 0.0341 e. The zero-order chi connectivity index (χ0) is 13.1. The molecule has 1 aromatic carbocycles. The van der Waals surface area contributed by atoms with Gasteiger partial charge in [-0.2, -0.15) is 0 Å². The predicted octanol–water partition coefficient (Wildman–Crippen LogP) is 3.98. The lowest BCUT2D eigenvalue weighted by Gasteiger charge is -2.22. The highest BCUT2D eigenvalue weighted by atomic mass is 79.9. The van der Waals surface area contributed by atoms with Crippen LogP contribution in [0.2, 0.25) is 0 Å². The zero-order valence-corrected chi connectivity index (χ0v) is 13.0. The summed E-state index contributed by atoms with van der Waals surface area (Å²) in [4.78, 5) is 2.68. The van der Waals surface area contributed by atoms with Crippen molar-refractivity contribution < 1.29 is 0 Å². The Labute approximate surface area is 124 Å². The Hall–Kier alpha value is -0.540. The Bertz CT molecular complexity index is 382. The molecular weight excluding hydrogens is 300 g/mol. The molecule has 104 valence electrons. The SMILES string of the molecule is Brc1ccc(NCCN(CC2CC2)CC2CC2)cc1. The van der Waals surface area contributed by atoms with Gasteiger partial charge in [0.05, 0.1) is 0 Å². The minimum Gasteiger partial charge on any atom is -0.384 e. The average Bonchev–Trinajstić information content (AvgIpc) is 3.27. The van der Waals surface area contributed by atoms with Crippen LogP contribution in [0, 0.1) is 11.8 Å². The minimum absolute atomic E-state index is 1.01. The van der Waals surface area contributed by atoms with Crippen LogP contribution in [0.1, 0.15) is 25.7 Å². The molecule has 19 heavy (non-hydrogen) atoms. The van der Waals surface area contributed by atoms with E-state index in [1.54, 1.807) is 0 Å². The Morgan fingerprint density at radius 3 is 2.11 bits per heavy atom. The van der Waals surface area contributed by atoms with Gasteiger partial charge in [0, 0.05) is 36.3 Å². The van der Waals surface area contributed by atoms with E-state index >= 15 is 0 Å². The topological polar surface area (TPSA) is 15.3 Å². The number of hydrogen-bond acceptors (Lipinski definition) is 2. The lowest BCUT2D eigenvalue weighted by molar-refractivity contribution is 0.262. The molecule has 2 aliphatic carbocycles. The second kappa shape index (κ2) is 6.27. The molecule has 0 heterocycles. The Balaban J connectivity index is 1.41. The highest BCUT2D eigenvalue weighted by Gasteiger charge is 2.28. The maximum absolute atomic E-state index is 3.53. The molecule has 0 aromatic heterocycles. The van der Waals surface area contributed by atoms with Crippen molar-refractivity contribution in [1.82, 2.24) is 4.90 Å². The third kappa shape index (κ3) is 4.81. The van der Waals surface area contributed by atoms with Gasteiger partial charge in [-0.25, -0.2) is 0 Å². The molecule has 2 saturated carbocycles. The molecule has 0 aliphatic heterocycles. The summed E-state index contributed by atoms with van der Waals surface area (Å²) in [7, 11) is 0. The van der Waals surface area contributed by atoms with E-state index in [9.17, 15) is 0 Å². The molecule has 2 nitrogen and oxygen atoms in total. The van der Waals surface area contributed by atoms with E-state index in [2.05, 4.69) is 50.4 Å². The van der Waals surface area contributed by atoms with Crippen molar-refractivity contribution in [3.05, 3.63) is 28.7 Å². The van der Waals surface area contributed by atoms with Crippen LogP contribution in [-0.4, -0.2) is 31.1 Å². The molecule has 3 heteroatoms. The Morgan fingerprint density at radius 1 is 1.00 bits per heavy atom. The highest BCUT2D eigenvalue weighted by molar-refractivity contribution is 9.10. The van der Waals surface area contributed by atoms with Crippen molar-refractivity contribution in [1.29, 1.82) is 0 Å². The van der Waals surface area contributed by atoms with Crippen molar-refractivity contribution >= 4 is 21.6 Å². The predicted molar refractivity (Wildman–Crippen MR) is 84.5 cm³/mol. The first-order valence-corrected chi connectivity index (χ1v) is 8.31. The number of anilines is 1. The van der Waals surface area contributed by atoms with Crippen LogP contribution in [0.25, 0.3) is 0 Å². The van der Waals surface area contributed by atoms with Gasteiger partial charge in [0.2, 0.25) is 0 Å². The van der Waals surface area contributed by atoms with E-state index in [1.807, 2.05) is 0 Å². The maximum atomic E-state index is 3.53. The van der Waals surface area contributed by atoms with E-state index in [0.29, 0.717) is 0 Å². The molecule has 3 rings (SSSR count). The third-order valence-corrected chi connectivity index (χ3v) is 4.56. The van der Waals surface area contributed by atoms with Crippen LogP contribution in [0.4, 0.5) is 5.69 Å². The first kappa shape index (κ1) is 13.4. The molecule has 0 atom stereocenters. The molecule has 0 radical (unpaired) electrons. The largest absolute Gasteiger partial charge is 0.384 e. The van der Waals surface area contributed by atoms with Crippen molar-refractivity contribution in [2.24, 2.45) is 11.8 Å². The molecule has 0 spiro atoms. The average molecular weight is 323 g/mol. The molecule has 0 saturated heterocycles. The number of benzene rings is 1. The lowest BCUT2D eigenvalue weighted by Crippen LogP contribution is -2.32. The van der Waals surface area contributed by atoms with E-state index < -0.39 is 0 Å². The smallest absolute Gasteiger partial charge is 0.0341 e. The Kier molecular flexibility index (Phi) is 4.44. The summed E-state index contributed by atoms with van der Waals surface area (Å²) in [5, 5.41) is 3.53. The first-order chi connectivity index (χ1) is 9.29. The number of nitrogens with one attached hydrogen (secondary N) is 1. The van der Waals surface area contributed by atoms with Crippen LogP contribution < -0.4 is 5.32 Å². The summed E-state index contributed by atoms with van der Waals surface area (Å²) < 4.78 is 1.14. The lowest BCUT2D eigenvalue weighted by atomic mass is 10.3. The van der Waals surface area contributed by atoms with Crippen molar-refractivity contribution in [2.45, 2.75) is 25.7 Å². The van der Waals surface area contributed by atoms with Gasteiger partial charge in [-0.3, -0.25) is 0 Å². The van der Waals surface area contributed by atoms with Crippen molar-refractivity contribution in [2.75, 3.05) is 31.5 Å². The van der Waals surface area contributed by atoms with Crippen LogP contribution in [-0.2, 0) is 0 Å². The normalized spacial score (nSPS) is 18.8. The summed E-state index contributed by atoms with van der Waals surface area (Å²) >= 11 is 3.47. The van der Waals surface area contributed by atoms with E-state index in [-0.39, 0.29) is 0 Å². The van der Waals surface area contributed by atoms with Gasteiger partial charge >= 0.3 is 0 Å². The second-order valence-electron chi connectivity index (χ2n) is 6.08. The molecule has 2 aliphatic rings. The number of rotatable bonds is 8. The molecular formula is C16H23BrN2. The van der Waals surface area contributed by atoms with Gasteiger partial charge in [-0.1, -0.05) is 15.9 Å². The quantitative estimate of drug-likeness (QED) is 0.778. The number of nitrogens with zero attached hydrogens (tertiary/aromatic N) is 1. The second-order valence-corrected chi connectivity index (χ2v) is 7.00. The Morgan fingerprint density at radius 2 is 1.58 bits per heavy atom. The summed E-state index contributed by atoms with van der Waals surface area (Å²) in [6.45, 7) is 4.90. The van der Waals surface area contributed by atoms with Gasteiger partial charge < -0.3 is 10.2 Å². The minimum atomic E-state index is 1.01. The van der Waals surface area contributed by atoms with Gasteiger partial charge in [-0.15, -0.1) is 0 Å². The summed E-state index contributed by atoms with van der Waals surface area (Å²) in [6.07, 6.45) is 5.84. The fraction of sp³-hybridized carbons (Fsp3) is 0.625. The molecule has 0 unspecified atom stereocenters. The number of halogens is 1. The van der Waals surface area contributed by atoms with E-state index in [0.717, 1.165) is 22.9 Å². The van der Waals surface area contributed by atoms with Gasteiger partial charge in [0.1, 0.15) is 0 Å². The molecule has 0 bridgehead atoms. The fourth-order valence-corrected chi connectivity index (χ4v) is 2.78. The van der Waals surface area contributed by atoms with Gasteiger partial charge in [-0.05, 0) is 61.8 Å². The van der Waals surface area contributed by atoms with Crippen LogP contribution >= 0.6 is 15.9 Å². The van der Waals surface area contributed by atoms with Crippen LogP contribution in [0.5, 0.6) is 0 Å². The van der Waals surface area contributed by atoms with E-state index in [1.165, 1.54) is 51.0 Å². The fourth-order valence-electron chi connectivity index (χ4n) is 2.51. The molecule has 0 amide bonds. The monoisotopic (exact) mass is 322 g/mol. The zero-order valence-electron chi connectivity index (χ0n) is 11.4. The van der Waals surface area contributed by atoms with Gasteiger partial charge in [0.25, 0.3) is 0 Å². The van der Waals surface area contributed by atoms with Gasteiger partial charge in [0.15, 0.2) is 0 Å². The first-order valence-electron chi connectivity index (χ1n) is 7.51. The van der Waals surface area contributed by atoms with Crippen LogP contribution in [0.15, 0.2) is 28.7 Å². The third-order valence-electron chi connectivity index (χ3n) is 4.03. The molecule has 2 fully saturated rings. The summed E-state index contributed by atoms with van der Waals surface area (Å²) in [5.41, 5.74) is 1.22. The molecule has 1 N–H and O–H groups in total. The summed E-state index contributed by atoms with van der Waals surface area (Å²) in [6, 6.07) is 8.45. The standard InChI is InChI=1S/C16H23BrN2/c17-15-5-7-16(8-6-15)18-9-10-19(11-13-1-2-13)12-14-3-4-14/h5-8,13-14,18H,1-4,9-12H2. The van der Waals surface area contributed by atoms with Crippen LogP contribution in [0.3, 0.4) is 0 Å². The highest BCUT2D eigenvalue weighted by Crippen LogP contribution is 2.33. The van der Waals surface area contributed by atoms with Crippen molar-refractivity contribution in [3.63, 3.8) is 0 Å². The van der Waals surface area contributed by atoms with E-state index in [4.69, 9.17) is 0 Å². The molecule has 1 aromatic rings. The summed E-state index contributed by atoms with van der Waals surface area (Å²) in [5.74, 6) is 2.01. The number of hydrogen-bond donors (Lipinski definition) is 1.